The minimum Gasteiger partial charge on any atom is -0.393 e. The van der Waals surface area contributed by atoms with Crippen molar-refractivity contribution in [2.24, 2.45) is 0 Å². The lowest BCUT2D eigenvalue weighted by molar-refractivity contribution is -0.586. The molecule has 0 bridgehead atoms. The van der Waals surface area contributed by atoms with Gasteiger partial charge in [-0.05, 0) is 79.1 Å². The molecule has 1 saturated heterocycles. The van der Waals surface area contributed by atoms with Gasteiger partial charge in [-0.25, -0.2) is 4.39 Å². The van der Waals surface area contributed by atoms with E-state index in [1.165, 1.54) is 12.1 Å². The maximum atomic E-state index is 14.2. The number of aromatic nitrogens is 1. The van der Waals surface area contributed by atoms with Crippen molar-refractivity contribution in [2.45, 2.75) is 102 Å². The summed E-state index contributed by atoms with van der Waals surface area (Å²) >= 11 is 0. The molecule has 8 nitrogen and oxygen atoms in total. The molecule has 4 N–H and O–H groups in total. The normalized spacial score (nSPS) is 18.0. The molecule has 4 aromatic rings. The number of carbonyl (C=O) groups excluding carboxylic acids is 1. The number of amides is 1. The molecule has 0 unspecified atom stereocenters. The molecule has 2 heterocycles. The summed E-state index contributed by atoms with van der Waals surface area (Å²) in [7, 11) is 0. The summed E-state index contributed by atoms with van der Waals surface area (Å²) in [6.45, 7) is 4.35. The summed E-state index contributed by atoms with van der Waals surface area (Å²) in [6, 6.07) is 25.1. The molecule has 1 saturated carbocycles. The second-order valence-corrected chi connectivity index (χ2v) is 13.4. The highest BCUT2D eigenvalue weighted by atomic mass is 19.1. The lowest BCUT2D eigenvalue weighted by atomic mass is 9.91. The SMILES string of the molecule is CC(C)c1c(C(=O)Nc2ccccc2)c(-c2ccccc2)c(-c2ccc(F)cc2)n1CC[C@@H](O)C[C@@H](O)CC1(O)OC2(CCCCC2)O1. The molecule has 1 aliphatic carbocycles. The first kappa shape index (κ1) is 34.0. The van der Waals surface area contributed by atoms with Crippen LogP contribution in [0, 0.1) is 5.82 Å². The molecule has 0 radical (unpaired) electrons. The smallest absolute Gasteiger partial charge is 0.287 e. The van der Waals surface area contributed by atoms with E-state index in [4.69, 9.17) is 9.47 Å². The Kier molecular flexibility index (Phi) is 10.1. The highest BCUT2D eigenvalue weighted by molar-refractivity contribution is 6.12. The van der Waals surface area contributed by atoms with E-state index in [2.05, 4.69) is 5.32 Å². The Bertz CT molecular complexity index is 1680. The minimum atomic E-state index is -1.86. The fraction of sp³-hybridized carbons (Fsp3) is 0.410. The Labute approximate surface area is 281 Å². The van der Waals surface area contributed by atoms with Crippen LogP contribution < -0.4 is 5.32 Å². The van der Waals surface area contributed by atoms with Crippen LogP contribution in [-0.4, -0.2) is 49.8 Å². The first-order valence-electron chi connectivity index (χ1n) is 17.0. The lowest BCUT2D eigenvalue weighted by Gasteiger charge is -2.54. The van der Waals surface area contributed by atoms with Crippen LogP contribution in [0.2, 0.25) is 0 Å². The largest absolute Gasteiger partial charge is 0.393 e. The van der Waals surface area contributed by atoms with Gasteiger partial charge in [0.25, 0.3) is 11.9 Å². The van der Waals surface area contributed by atoms with Crippen molar-refractivity contribution < 1.29 is 34.0 Å². The van der Waals surface area contributed by atoms with Crippen LogP contribution in [0.1, 0.15) is 87.2 Å². The third-order valence-electron chi connectivity index (χ3n) is 9.32. The Balaban J connectivity index is 1.31. The number of aliphatic hydroxyl groups excluding tert-OH is 2. The van der Waals surface area contributed by atoms with Gasteiger partial charge in [-0.15, -0.1) is 0 Å². The summed E-state index contributed by atoms with van der Waals surface area (Å²) in [5.74, 6) is -3.36. The number of ether oxygens (including phenoxy) is 2. The molecule has 3 aromatic carbocycles. The first-order valence-corrected chi connectivity index (χ1v) is 17.0. The molecule has 48 heavy (non-hydrogen) atoms. The quantitative estimate of drug-likeness (QED) is 0.125. The van der Waals surface area contributed by atoms with Gasteiger partial charge in [0.1, 0.15) is 5.82 Å². The molecule has 1 aromatic heterocycles. The average Bonchev–Trinajstić information content (AvgIpc) is 3.40. The van der Waals surface area contributed by atoms with E-state index in [1.54, 1.807) is 12.1 Å². The molecule has 2 aliphatic rings. The van der Waals surface area contributed by atoms with Crippen molar-refractivity contribution in [2.75, 3.05) is 5.32 Å². The predicted molar refractivity (Wildman–Crippen MR) is 183 cm³/mol. The number of halogens is 1. The number of benzene rings is 3. The average molecular weight is 657 g/mol. The van der Waals surface area contributed by atoms with Crippen molar-refractivity contribution in [3.63, 3.8) is 0 Å². The number of carbonyl (C=O) groups is 1. The number of para-hydroxylation sites is 1. The van der Waals surface area contributed by atoms with E-state index < -0.39 is 24.0 Å². The van der Waals surface area contributed by atoms with Crippen molar-refractivity contribution in [1.82, 2.24) is 4.57 Å². The summed E-state index contributed by atoms with van der Waals surface area (Å²) in [4.78, 5) is 14.2. The Morgan fingerprint density at radius 1 is 0.875 bits per heavy atom. The summed E-state index contributed by atoms with van der Waals surface area (Å²) in [5, 5.41) is 35.8. The van der Waals surface area contributed by atoms with Crippen LogP contribution >= 0.6 is 0 Å². The molecule has 254 valence electrons. The van der Waals surface area contributed by atoms with E-state index in [-0.39, 0.29) is 36.9 Å². The van der Waals surface area contributed by atoms with Gasteiger partial charge in [-0.1, -0.05) is 68.8 Å². The Morgan fingerprint density at radius 3 is 2.12 bits per heavy atom. The van der Waals surface area contributed by atoms with E-state index in [0.717, 1.165) is 54.6 Å². The molecule has 1 amide bonds. The number of aliphatic hydroxyl groups is 3. The van der Waals surface area contributed by atoms with Crippen LogP contribution in [0.4, 0.5) is 10.1 Å². The van der Waals surface area contributed by atoms with E-state index >= 15 is 0 Å². The van der Waals surface area contributed by atoms with Gasteiger partial charge in [0.2, 0.25) is 0 Å². The number of nitrogens with zero attached hydrogens (tertiary/aromatic N) is 1. The molecule has 9 heteroatoms. The van der Waals surface area contributed by atoms with Crippen molar-refractivity contribution >= 4 is 11.6 Å². The number of rotatable bonds is 12. The minimum absolute atomic E-state index is 0.000908. The van der Waals surface area contributed by atoms with Gasteiger partial charge in [-0.3, -0.25) is 14.3 Å². The highest BCUT2D eigenvalue weighted by Gasteiger charge is 2.57. The maximum Gasteiger partial charge on any atom is 0.287 e. The number of hydrogen-bond acceptors (Lipinski definition) is 6. The van der Waals surface area contributed by atoms with E-state index in [0.29, 0.717) is 23.4 Å². The Morgan fingerprint density at radius 2 is 1.50 bits per heavy atom. The second-order valence-electron chi connectivity index (χ2n) is 13.4. The van der Waals surface area contributed by atoms with Crippen LogP contribution in [0.3, 0.4) is 0 Å². The van der Waals surface area contributed by atoms with E-state index in [1.807, 2.05) is 79.1 Å². The third-order valence-corrected chi connectivity index (χ3v) is 9.32. The third kappa shape index (κ3) is 7.41. The van der Waals surface area contributed by atoms with Gasteiger partial charge in [0.15, 0.2) is 5.79 Å². The zero-order chi connectivity index (χ0) is 33.9. The summed E-state index contributed by atoms with van der Waals surface area (Å²) < 4.78 is 27.8. The standard InChI is InChI=1S/C39H45FN2O6/c1-26(2)35-34(37(45)41-30-14-8-4-9-15-30)33(27-12-6-3-7-13-27)36(28-16-18-29(40)19-17-28)42(35)23-20-31(43)24-32(44)25-39(46)47-38(48-39)21-10-5-11-22-38/h3-4,6-9,12-19,26,31-32,43-44,46H,5,10-11,20-25H2,1-2H3,(H,41,45)/t31-,32-/m1/s1. The molecular formula is C39H45FN2O6. The Hall–Kier alpha value is -3.86. The first-order chi connectivity index (χ1) is 23.1. The number of nitrogens with one attached hydrogen (secondary N) is 1. The van der Waals surface area contributed by atoms with Crippen LogP contribution in [0.25, 0.3) is 22.4 Å². The molecule has 2 atom stereocenters. The fourth-order valence-corrected chi connectivity index (χ4v) is 7.27. The zero-order valence-electron chi connectivity index (χ0n) is 27.6. The predicted octanol–water partition coefficient (Wildman–Crippen LogP) is 7.58. The number of hydrogen-bond donors (Lipinski definition) is 4. The van der Waals surface area contributed by atoms with Gasteiger partial charge in [-0.2, -0.15) is 0 Å². The summed E-state index contributed by atoms with van der Waals surface area (Å²) in [5.41, 5.74) is 4.95. The van der Waals surface area contributed by atoms with Gasteiger partial charge < -0.3 is 25.2 Å². The molecule has 1 spiro atoms. The molecule has 1 aliphatic heterocycles. The maximum absolute atomic E-state index is 14.2. The monoisotopic (exact) mass is 656 g/mol. The molecule has 2 fully saturated rings. The lowest BCUT2D eigenvalue weighted by Crippen LogP contribution is -2.64. The number of anilines is 1. The topological polar surface area (TPSA) is 113 Å². The van der Waals surface area contributed by atoms with Crippen molar-refractivity contribution in [1.29, 1.82) is 0 Å². The van der Waals surface area contributed by atoms with Crippen LogP contribution in [0.15, 0.2) is 84.9 Å². The molecule has 6 rings (SSSR count). The van der Waals surface area contributed by atoms with E-state index in [9.17, 15) is 24.5 Å². The van der Waals surface area contributed by atoms with Crippen molar-refractivity contribution in [3.8, 4) is 22.4 Å². The zero-order valence-corrected chi connectivity index (χ0v) is 27.6. The van der Waals surface area contributed by atoms with Crippen molar-refractivity contribution in [3.05, 3.63) is 102 Å². The van der Waals surface area contributed by atoms with Gasteiger partial charge >= 0.3 is 0 Å². The van der Waals surface area contributed by atoms with Crippen LogP contribution in [0.5, 0.6) is 0 Å². The summed E-state index contributed by atoms with van der Waals surface area (Å²) in [6.07, 6.45) is 2.56. The second kappa shape index (κ2) is 14.3. The highest BCUT2D eigenvalue weighted by Crippen LogP contribution is 2.48. The van der Waals surface area contributed by atoms with Gasteiger partial charge in [0.05, 0.1) is 29.9 Å². The fourth-order valence-electron chi connectivity index (χ4n) is 7.27. The van der Waals surface area contributed by atoms with Crippen LogP contribution in [-0.2, 0) is 16.0 Å². The molecular weight excluding hydrogens is 611 g/mol. The van der Waals surface area contributed by atoms with Gasteiger partial charge in [0, 0.05) is 36.3 Å².